The largest absolute Gasteiger partial charge is 0.344 e. The van der Waals surface area contributed by atoms with Gasteiger partial charge in [-0.15, -0.1) is 0 Å². The van der Waals surface area contributed by atoms with Gasteiger partial charge in [0.15, 0.2) is 0 Å². The summed E-state index contributed by atoms with van der Waals surface area (Å²) in [4.78, 5) is 28.4. The van der Waals surface area contributed by atoms with Crippen LogP contribution in [-0.4, -0.2) is 21.2 Å². The van der Waals surface area contributed by atoms with Gasteiger partial charge < -0.3 is 15.0 Å². The number of nitrogens with one attached hydrogen (secondary N) is 2. The molecule has 1 aliphatic heterocycles. The highest BCUT2D eigenvalue weighted by atomic mass is 16.2. The SMILES string of the molecule is Cc1ccn2cc(C(=O)N[C@H](C)c3ccc4c(c3)CCC(=O)N4)nc2c1. The molecule has 0 radical (unpaired) electrons. The summed E-state index contributed by atoms with van der Waals surface area (Å²) < 4.78 is 1.84. The van der Waals surface area contributed by atoms with E-state index in [1.807, 2.05) is 54.8 Å². The molecule has 26 heavy (non-hydrogen) atoms. The molecule has 132 valence electrons. The third kappa shape index (κ3) is 3.06. The number of pyridine rings is 1. The maximum Gasteiger partial charge on any atom is 0.271 e. The number of nitrogens with zero attached hydrogens (tertiary/aromatic N) is 2. The first-order valence-electron chi connectivity index (χ1n) is 8.68. The van der Waals surface area contributed by atoms with Gasteiger partial charge in [-0.3, -0.25) is 9.59 Å². The molecule has 2 amide bonds. The molecule has 0 spiro atoms. The second-order valence-corrected chi connectivity index (χ2v) is 6.76. The molecule has 2 N–H and O–H groups in total. The van der Waals surface area contributed by atoms with Gasteiger partial charge in [0.2, 0.25) is 5.91 Å². The van der Waals surface area contributed by atoms with Gasteiger partial charge in [0, 0.05) is 24.5 Å². The molecule has 1 atom stereocenters. The lowest BCUT2D eigenvalue weighted by Gasteiger charge is -2.20. The van der Waals surface area contributed by atoms with Crippen LogP contribution in [0.2, 0.25) is 0 Å². The summed E-state index contributed by atoms with van der Waals surface area (Å²) in [5, 5.41) is 5.87. The van der Waals surface area contributed by atoms with Gasteiger partial charge >= 0.3 is 0 Å². The zero-order valence-corrected chi connectivity index (χ0v) is 14.7. The van der Waals surface area contributed by atoms with E-state index in [1.54, 1.807) is 6.20 Å². The second kappa shape index (κ2) is 6.29. The molecule has 0 fully saturated rings. The smallest absolute Gasteiger partial charge is 0.271 e. The van der Waals surface area contributed by atoms with Crippen molar-refractivity contribution in [3.63, 3.8) is 0 Å². The van der Waals surface area contributed by atoms with Gasteiger partial charge in [-0.05, 0) is 55.2 Å². The lowest BCUT2D eigenvalue weighted by Crippen LogP contribution is -2.27. The Bertz CT molecular complexity index is 1020. The number of aromatic nitrogens is 2. The van der Waals surface area contributed by atoms with E-state index in [0.29, 0.717) is 12.1 Å². The van der Waals surface area contributed by atoms with Gasteiger partial charge in [0.1, 0.15) is 11.3 Å². The Morgan fingerprint density at radius 3 is 2.96 bits per heavy atom. The Balaban J connectivity index is 1.52. The van der Waals surface area contributed by atoms with Gasteiger partial charge in [0.05, 0.1) is 6.04 Å². The average Bonchev–Trinajstić information content (AvgIpc) is 3.04. The summed E-state index contributed by atoms with van der Waals surface area (Å²) in [5.41, 5.74) is 5.23. The van der Waals surface area contributed by atoms with Crippen molar-refractivity contribution in [2.75, 3.05) is 5.32 Å². The molecule has 0 unspecified atom stereocenters. The number of carbonyl (C=O) groups is 2. The van der Waals surface area contributed by atoms with E-state index in [2.05, 4.69) is 15.6 Å². The van der Waals surface area contributed by atoms with Crippen LogP contribution in [0, 0.1) is 6.92 Å². The zero-order valence-electron chi connectivity index (χ0n) is 14.7. The van der Waals surface area contributed by atoms with Crippen LogP contribution in [-0.2, 0) is 11.2 Å². The quantitative estimate of drug-likeness (QED) is 0.764. The highest BCUT2D eigenvalue weighted by Crippen LogP contribution is 2.26. The third-order valence-corrected chi connectivity index (χ3v) is 4.72. The standard InChI is InChI=1S/C20H20N4O2/c1-12-7-8-24-11-17(22-18(24)9-12)20(26)21-13(2)14-3-5-16-15(10-14)4-6-19(25)23-16/h3,5,7-11,13H,4,6H2,1-2H3,(H,21,26)(H,23,25)/t13-/m1/s1. The highest BCUT2D eigenvalue weighted by molar-refractivity contribution is 5.94. The summed E-state index contributed by atoms with van der Waals surface area (Å²) in [6.07, 6.45) is 4.86. The number of benzene rings is 1. The Hall–Kier alpha value is -3.15. The van der Waals surface area contributed by atoms with Gasteiger partial charge in [-0.1, -0.05) is 12.1 Å². The number of aryl methyl sites for hydroxylation is 2. The van der Waals surface area contributed by atoms with E-state index < -0.39 is 0 Å². The predicted molar refractivity (Wildman–Crippen MR) is 99.2 cm³/mol. The Kier molecular flexibility index (Phi) is 3.95. The minimum atomic E-state index is -0.204. The monoisotopic (exact) mass is 348 g/mol. The summed E-state index contributed by atoms with van der Waals surface area (Å²) in [6, 6.07) is 9.65. The number of hydrogen-bond donors (Lipinski definition) is 2. The molecule has 1 aromatic carbocycles. The van der Waals surface area contributed by atoms with Crippen molar-refractivity contribution in [2.45, 2.75) is 32.7 Å². The van der Waals surface area contributed by atoms with E-state index in [4.69, 9.17) is 0 Å². The van der Waals surface area contributed by atoms with Gasteiger partial charge in [-0.2, -0.15) is 0 Å². The maximum absolute atomic E-state index is 12.6. The van der Waals surface area contributed by atoms with Crippen LogP contribution in [0.5, 0.6) is 0 Å². The van der Waals surface area contributed by atoms with Crippen LogP contribution < -0.4 is 10.6 Å². The number of carbonyl (C=O) groups excluding carboxylic acids is 2. The zero-order chi connectivity index (χ0) is 18.3. The number of fused-ring (bicyclic) bond motifs is 2. The van der Waals surface area contributed by atoms with Crippen LogP contribution in [0.3, 0.4) is 0 Å². The molecule has 4 rings (SSSR count). The molecule has 0 bridgehead atoms. The van der Waals surface area contributed by atoms with Crippen molar-refractivity contribution < 1.29 is 9.59 Å². The first-order chi connectivity index (χ1) is 12.5. The molecule has 1 aliphatic rings. The summed E-state index contributed by atoms with van der Waals surface area (Å²) in [5.74, 6) is -0.154. The predicted octanol–water partition coefficient (Wildman–Crippen LogP) is 3.02. The Morgan fingerprint density at radius 1 is 1.27 bits per heavy atom. The normalized spacial score (nSPS) is 14.6. The van der Waals surface area contributed by atoms with E-state index in [0.717, 1.165) is 34.4 Å². The molecule has 6 nitrogen and oxygen atoms in total. The summed E-state index contributed by atoms with van der Waals surface area (Å²) >= 11 is 0. The van der Waals surface area contributed by atoms with Gasteiger partial charge in [-0.25, -0.2) is 4.98 Å². The molecule has 0 aliphatic carbocycles. The molecular formula is C20H20N4O2. The lowest BCUT2D eigenvalue weighted by atomic mass is 9.98. The topological polar surface area (TPSA) is 75.5 Å². The van der Waals surface area contributed by atoms with Gasteiger partial charge in [0.25, 0.3) is 5.91 Å². The fourth-order valence-corrected chi connectivity index (χ4v) is 3.22. The van der Waals surface area contributed by atoms with Crippen molar-refractivity contribution >= 4 is 23.1 Å². The van der Waals surface area contributed by atoms with Crippen molar-refractivity contribution in [1.29, 1.82) is 0 Å². The number of hydrogen-bond acceptors (Lipinski definition) is 3. The van der Waals surface area contributed by atoms with Crippen molar-refractivity contribution in [2.24, 2.45) is 0 Å². The number of anilines is 1. The number of amides is 2. The minimum Gasteiger partial charge on any atom is -0.344 e. The van der Waals surface area contributed by atoms with E-state index >= 15 is 0 Å². The molecule has 2 aromatic heterocycles. The molecule has 3 heterocycles. The third-order valence-electron chi connectivity index (χ3n) is 4.72. The van der Waals surface area contributed by atoms with Crippen molar-refractivity contribution in [1.82, 2.24) is 14.7 Å². The molecular weight excluding hydrogens is 328 g/mol. The number of rotatable bonds is 3. The molecule has 6 heteroatoms. The number of imidazole rings is 1. The Labute approximate surface area is 151 Å². The van der Waals surface area contributed by atoms with Crippen LogP contribution >= 0.6 is 0 Å². The molecule has 0 saturated heterocycles. The lowest BCUT2D eigenvalue weighted by molar-refractivity contribution is -0.116. The van der Waals surface area contributed by atoms with Crippen molar-refractivity contribution in [3.8, 4) is 0 Å². The highest BCUT2D eigenvalue weighted by Gasteiger charge is 2.18. The summed E-state index contributed by atoms with van der Waals surface area (Å²) in [7, 11) is 0. The van der Waals surface area contributed by atoms with E-state index in [9.17, 15) is 9.59 Å². The fourth-order valence-electron chi connectivity index (χ4n) is 3.22. The first-order valence-corrected chi connectivity index (χ1v) is 8.68. The van der Waals surface area contributed by atoms with Crippen molar-refractivity contribution in [3.05, 3.63) is 65.1 Å². The van der Waals surface area contributed by atoms with Crippen LogP contribution in [0.4, 0.5) is 5.69 Å². The second-order valence-electron chi connectivity index (χ2n) is 6.76. The minimum absolute atomic E-state index is 0.0497. The van der Waals surface area contributed by atoms with Crippen LogP contribution in [0.15, 0.2) is 42.7 Å². The van der Waals surface area contributed by atoms with E-state index in [1.165, 1.54) is 0 Å². The molecule has 0 saturated carbocycles. The fraction of sp³-hybridized carbons (Fsp3) is 0.250. The van der Waals surface area contributed by atoms with Crippen LogP contribution in [0.1, 0.15) is 46.6 Å². The van der Waals surface area contributed by atoms with E-state index in [-0.39, 0.29) is 17.9 Å². The summed E-state index contributed by atoms with van der Waals surface area (Å²) in [6.45, 7) is 3.94. The van der Waals surface area contributed by atoms with Crippen LogP contribution in [0.25, 0.3) is 5.65 Å². The first kappa shape index (κ1) is 16.3. The maximum atomic E-state index is 12.6. The average molecular weight is 348 g/mol. The molecule has 3 aromatic rings. The Morgan fingerprint density at radius 2 is 2.12 bits per heavy atom.